The van der Waals surface area contributed by atoms with Crippen molar-refractivity contribution >= 4 is 40.3 Å². The number of amides is 2. The van der Waals surface area contributed by atoms with Gasteiger partial charge in [0.2, 0.25) is 11.8 Å². The van der Waals surface area contributed by atoms with Crippen LogP contribution in [-0.4, -0.2) is 76.5 Å². The van der Waals surface area contributed by atoms with Gasteiger partial charge >= 0.3 is 5.97 Å². The van der Waals surface area contributed by atoms with Crippen LogP contribution in [0.2, 0.25) is 0 Å². The Morgan fingerprint density at radius 2 is 1.80 bits per heavy atom. The Bertz CT molecular complexity index is 1730. The number of methoxy groups -OCH3 is 1. The second-order valence-electron chi connectivity index (χ2n) is 12.3. The van der Waals surface area contributed by atoms with E-state index in [9.17, 15) is 14.4 Å². The van der Waals surface area contributed by atoms with Crippen molar-refractivity contribution in [3.8, 4) is 6.07 Å². The Labute approximate surface area is 293 Å². The quantitative estimate of drug-likeness (QED) is 0.141. The molecular weight excluding hydrogens is 637 g/mol. The standard InChI is InChI=1S/C38H46N6O4S/c1-5-27(2)35(42-36(45)19-32-21-40-26-44(32)22-29-15-13-28(20-39)14-16-29)24-43(23-31-11-8-10-30-9-6-7-12-33(30)31)25-37(46)41-34(17-18-49-4)38(47)48-3/h6-16,21,26-27,34-35H,5,17-19,22-25H2,1-4H3,(H,41,46)(H,42,45)/t27-,34+,35-/m1/s1. The van der Waals surface area contributed by atoms with Crippen molar-refractivity contribution in [2.75, 3.05) is 32.2 Å². The van der Waals surface area contributed by atoms with Crippen LogP contribution in [0.1, 0.15) is 49.1 Å². The Kier molecular flexibility index (Phi) is 14.2. The van der Waals surface area contributed by atoms with Crippen LogP contribution in [0.25, 0.3) is 10.8 Å². The Balaban J connectivity index is 1.52. The van der Waals surface area contributed by atoms with Gasteiger partial charge in [0.1, 0.15) is 6.04 Å². The third-order valence-electron chi connectivity index (χ3n) is 8.78. The number of nitriles is 1. The highest BCUT2D eigenvalue weighted by Crippen LogP contribution is 2.21. The number of nitrogens with zero attached hydrogens (tertiary/aromatic N) is 4. The van der Waals surface area contributed by atoms with Crippen LogP contribution >= 0.6 is 11.8 Å². The summed E-state index contributed by atoms with van der Waals surface area (Å²) in [6.45, 7) is 5.66. The zero-order valence-corrected chi connectivity index (χ0v) is 29.5. The molecule has 0 saturated heterocycles. The summed E-state index contributed by atoms with van der Waals surface area (Å²) in [6, 6.07) is 22.8. The van der Waals surface area contributed by atoms with Gasteiger partial charge < -0.3 is 19.9 Å². The van der Waals surface area contributed by atoms with Crippen LogP contribution in [-0.2, 0) is 38.6 Å². The summed E-state index contributed by atoms with van der Waals surface area (Å²) in [7, 11) is 1.33. The number of aromatic nitrogens is 2. The van der Waals surface area contributed by atoms with E-state index in [0.29, 0.717) is 37.4 Å². The van der Waals surface area contributed by atoms with Gasteiger partial charge in [-0.1, -0.05) is 74.9 Å². The molecule has 0 aliphatic heterocycles. The van der Waals surface area contributed by atoms with E-state index in [2.05, 4.69) is 59.8 Å². The molecule has 0 aliphatic rings. The van der Waals surface area contributed by atoms with Gasteiger partial charge in [0.15, 0.2) is 0 Å². The maximum atomic E-state index is 13.6. The molecule has 0 saturated carbocycles. The number of carbonyl (C=O) groups is 3. The summed E-state index contributed by atoms with van der Waals surface area (Å²) in [4.78, 5) is 45.9. The zero-order chi connectivity index (χ0) is 35.2. The highest BCUT2D eigenvalue weighted by Gasteiger charge is 2.26. The first kappa shape index (κ1) is 37.2. The third-order valence-corrected chi connectivity index (χ3v) is 9.42. The first-order valence-corrected chi connectivity index (χ1v) is 18.0. The van der Waals surface area contributed by atoms with Gasteiger partial charge in [-0.15, -0.1) is 0 Å². The van der Waals surface area contributed by atoms with Crippen molar-refractivity contribution in [2.24, 2.45) is 5.92 Å². The van der Waals surface area contributed by atoms with Crippen LogP contribution in [0.5, 0.6) is 0 Å². The molecule has 0 bridgehead atoms. The molecule has 2 amide bonds. The van der Waals surface area contributed by atoms with Gasteiger partial charge in [-0.3, -0.25) is 14.5 Å². The molecule has 258 valence electrons. The average molecular weight is 683 g/mol. The van der Waals surface area contributed by atoms with Crippen molar-refractivity contribution in [1.29, 1.82) is 5.26 Å². The molecule has 11 heteroatoms. The first-order chi connectivity index (χ1) is 23.7. The van der Waals surface area contributed by atoms with E-state index in [1.807, 2.05) is 46.1 Å². The summed E-state index contributed by atoms with van der Waals surface area (Å²) in [6.07, 6.45) is 6.80. The Hall–Kier alpha value is -4.66. The minimum Gasteiger partial charge on any atom is -0.467 e. The monoisotopic (exact) mass is 682 g/mol. The summed E-state index contributed by atoms with van der Waals surface area (Å²) in [5, 5.41) is 17.5. The topological polar surface area (TPSA) is 129 Å². The number of carbonyl (C=O) groups excluding carboxylic acids is 3. The van der Waals surface area contributed by atoms with Gasteiger partial charge in [0, 0.05) is 37.6 Å². The average Bonchev–Trinajstić information content (AvgIpc) is 3.54. The molecule has 0 aliphatic carbocycles. The number of rotatable bonds is 18. The summed E-state index contributed by atoms with van der Waals surface area (Å²) in [5.74, 6) is -0.0584. The number of nitrogens with one attached hydrogen (secondary N) is 2. The van der Waals surface area contributed by atoms with E-state index in [-0.39, 0.29) is 36.7 Å². The second kappa shape index (κ2) is 18.8. The Morgan fingerprint density at radius 1 is 1.04 bits per heavy atom. The fourth-order valence-corrected chi connectivity index (χ4v) is 6.27. The van der Waals surface area contributed by atoms with Gasteiger partial charge in [0.25, 0.3) is 0 Å². The normalized spacial score (nSPS) is 13.0. The smallest absolute Gasteiger partial charge is 0.328 e. The Morgan fingerprint density at radius 3 is 2.51 bits per heavy atom. The summed E-state index contributed by atoms with van der Waals surface area (Å²) < 4.78 is 6.90. The lowest BCUT2D eigenvalue weighted by Crippen LogP contribution is -2.51. The SMILES string of the molecule is CC[C@@H](C)[C@@H](CN(CC(=O)N[C@@H](CCSC)C(=O)OC)Cc1cccc2ccccc12)NC(=O)Cc1cncn1Cc1ccc(C#N)cc1. The highest BCUT2D eigenvalue weighted by molar-refractivity contribution is 7.98. The number of fused-ring (bicyclic) bond motifs is 1. The summed E-state index contributed by atoms with van der Waals surface area (Å²) in [5.41, 5.74) is 3.44. The van der Waals surface area contributed by atoms with Crippen LogP contribution in [0, 0.1) is 17.2 Å². The number of esters is 1. The van der Waals surface area contributed by atoms with Crippen LogP contribution in [0.3, 0.4) is 0 Å². The first-order valence-electron chi connectivity index (χ1n) is 16.6. The number of thioether (sulfide) groups is 1. The fraction of sp³-hybridized carbons (Fsp3) is 0.395. The second-order valence-corrected chi connectivity index (χ2v) is 13.3. The molecule has 2 N–H and O–H groups in total. The van der Waals surface area contributed by atoms with E-state index >= 15 is 0 Å². The van der Waals surface area contributed by atoms with Gasteiger partial charge in [0.05, 0.1) is 38.0 Å². The van der Waals surface area contributed by atoms with Crippen LogP contribution in [0.15, 0.2) is 79.3 Å². The predicted octanol–water partition coefficient (Wildman–Crippen LogP) is 4.94. The predicted molar refractivity (Wildman–Crippen MR) is 194 cm³/mol. The molecule has 3 atom stereocenters. The van der Waals surface area contributed by atoms with Crippen LogP contribution in [0.4, 0.5) is 0 Å². The minimum atomic E-state index is -0.733. The number of ether oxygens (including phenoxy) is 1. The van der Waals surface area contributed by atoms with E-state index < -0.39 is 12.0 Å². The van der Waals surface area contributed by atoms with E-state index in [1.165, 1.54) is 7.11 Å². The molecule has 4 rings (SSSR count). The summed E-state index contributed by atoms with van der Waals surface area (Å²) >= 11 is 1.60. The zero-order valence-electron chi connectivity index (χ0n) is 28.7. The van der Waals surface area contributed by atoms with Crippen molar-refractivity contribution in [3.63, 3.8) is 0 Å². The molecule has 0 unspecified atom stereocenters. The largest absolute Gasteiger partial charge is 0.467 e. The third kappa shape index (κ3) is 10.9. The van der Waals surface area contributed by atoms with Crippen molar-refractivity contribution < 1.29 is 19.1 Å². The van der Waals surface area contributed by atoms with Crippen molar-refractivity contribution in [2.45, 2.75) is 58.3 Å². The number of hydrogen-bond donors (Lipinski definition) is 2. The lowest BCUT2D eigenvalue weighted by Gasteiger charge is -2.32. The highest BCUT2D eigenvalue weighted by atomic mass is 32.2. The van der Waals surface area contributed by atoms with E-state index in [4.69, 9.17) is 10.00 Å². The molecular formula is C38H46N6O4S. The van der Waals surface area contributed by atoms with Crippen molar-refractivity contribution in [1.82, 2.24) is 25.1 Å². The van der Waals surface area contributed by atoms with Gasteiger partial charge in [-0.2, -0.15) is 17.0 Å². The van der Waals surface area contributed by atoms with Gasteiger partial charge in [-0.05, 0) is 58.4 Å². The van der Waals surface area contributed by atoms with Gasteiger partial charge in [-0.25, -0.2) is 9.78 Å². The maximum Gasteiger partial charge on any atom is 0.328 e. The molecule has 0 radical (unpaired) electrons. The molecule has 0 spiro atoms. The number of hydrogen-bond acceptors (Lipinski definition) is 8. The molecule has 49 heavy (non-hydrogen) atoms. The minimum absolute atomic E-state index is 0.0378. The van der Waals surface area contributed by atoms with E-state index in [1.54, 1.807) is 36.4 Å². The molecule has 3 aromatic carbocycles. The van der Waals surface area contributed by atoms with E-state index in [0.717, 1.165) is 34.0 Å². The molecule has 10 nitrogen and oxygen atoms in total. The lowest BCUT2D eigenvalue weighted by atomic mass is 9.97. The molecule has 1 heterocycles. The molecule has 0 fully saturated rings. The fourth-order valence-electron chi connectivity index (χ4n) is 5.80. The molecule has 4 aromatic rings. The number of benzene rings is 3. The van der Waals surface area contributed by atoms with Crippen LogP contribution < -0.4 is 10.6 Å². The van der Waals surface area contributed by atoms with Crippen molar-refractivity contribution in [3.05, 3.63) is 102 Å². The lowest BCUT2D eigenvalue weighted by molar-refractivity contribution is -0.145. The number of imidazole rings is 1. The maximum absolute atomic E-state index is 13.6. The molecule has 1 aromatic heterocycles.